The van der Waals surface area contributed by atoms with E-state index in [9.17, 15) is 19.4 Å². The fraction of sp³-hybridized carbons (Fsp3) is 0.695. The van der Waals surface area contributed by atoms with Crippen LogP contribution in [-0.4, -0.2) is 73.4 Å². The van der Waals surface area contributed by atoms with Gasteiger partial charge >= 0.3 is 7.82 Å². The van der Waals surface area contributed by atoms with E-state index >= 15 is 0 Å². The molecule has 0 saturated heterocycles. The molecule has 0 saturated carbocycles. The maximum Gasteiger partial charge on any atom is 0.472 e. The number of hydrogen-bond acceptors (Lipinski definition) is 5. The number of hydrogen-bond donors (Lipinski definition) is 3. The quantitative estimate of drug-likeness (QED) is 0.0243. The van der Waals surface area contributed by atoms with Gasteiger partial charge in [0.15, 0.2) is 0 Å². The lowest BCUT2D eigenvalue weighted by Crippen LogP contribution is -2.45. The molecule has 0 bridgehead atoms. The average molecular weight is 1290 g/mol. The predicted molar refractivity (Wildman–Crippen MR) is 401 cm³/mol. The topological polar surface area (TPSA) is 105 Å². The van der Waals surface area contributed by atoms with Gasteiger partial charge in [-0.05, 0) is 103 Å². The number of rotatable bonds is 68. The van der Waals surface area contributed by atoms with E-state index in [-0.39, 0.29) is 19.1 Å². The van der Waals surface area contributed by atoms with Crippen molar-refractivity contribution in [1.82, 2.24) is 5.32 Å². The van der Waals surface area contributed by atoms with Crippen LogP contribution in [0.25, 0.3) is 0 Å². The fourth-order valence-electron chi connectivity index (χ4n) is 10.5. The van der Waals surface area contributed by atoms with E-state index in [1.807, 2.05) is 27.2 Å². The monoisotopic (exact) mass is 1280 g/mol. The summed E-state index contributed by atoms with van der Waals surface area (Å²) in [6.45, 7) is 4.71. The van der Waals surface area contributed by atoms with Gasteiger partial charge in [0, 0.05) is 6.42 Å². The van der Waals surface area contributed by atoms with Gasteiger partial charge in [-0.15, -0.1) is 0 Å². The zero-order chi connectivity index (χ0) is 66.2. The molecule has 0 aromatic heterocycles. The summed E-state index contributed by atoms with van der Waals surface area (Å²) in [5.41, 5.74) is 0. The molecular weight excluding hydrogens is 1140 g/mol. The Bertz CT molecular complexity index is 2000. The summed E-state index contributed by atoms with van der Waals surface area (Å²) in [7, 11) is 1.55. The lowest BCUT2D eigenvalue weighted by molar-refractivity contribution is -0.870. The number of carbonyl (C=O) groups excluding carboxylic acids is 1. The first-order chi connectivity index (χ1) is 44.5. The third kappa shape index (κ3) is 73.7. The Hall–Kier alpha value is -3.62. The van der Waals surface area contributed by atoms with Crippen LogP contribution in [0.2, 0.25) is 0 Å². The van der Waals surface area contributed by atoms with Crippen LogP contribution in [0.4, 0.5) is 0 Å². The molecule has 0 aliphatic carbocycles. The minimum atomic E-state index is -4.37. The van der Waals surface area contributed by atoms with Crippen LogP contribution in [0.5, 0.6) is 0 Å². The Morgan fingerprint density at radius 3 is 0.967 bits per heavy atom. The first-order valence-electron chi connectivity index (χ1n) is 37.7. The van der Waals surface area contributed by atoms with E-state index in [0.29, 0.717) is 17.4 Å². The number of unbranched alkanes of at least 4 members (excludes halogenated alkanes) is 33. The van der Waals surface area contributed by atoms with Crippen molar-refractivity contribution in [1.29, 1.82) is 0 Å². The number of amides is 1. The van der Waals surface area contributed by atoms with Crippen molar-refractivity contribution >= 4 is 13.7 Å². The van der Waals surface area contributed by atoms with Gasteiger partial charge in [0.1, 0.15) is 13.2 Å². The molecule has 0 aromatic rings. The molecule has 3 atom stereocenters. The molecule has 0 fully saturated rings. The van der Waals surface area contributed by atoms with Crippen molar-refractivity contribution in [3.63, 3.8) is 0 Å². The number of likely N-dealkylation sites (N-methyl/N-ethyl adjacent to an activating group) is 1. The predicted octanol–water partition coefficient (Wildman–Crippen LogP) is 24.7. The SMILES string of the molecule is CC/C=C\C/C=C\C/C=C\C/C=C\C/C=C\C/C=C\C/C=C\C/C=C\C/C=C\C/C=C\C/C=C\CCCCCCCCCC(=O)NC(COP(=O)(O)OCC[N+](C)(C)C)C(O)/C=C/CCCCCCCCCCCCCCCCCCCCCCCCCCCC. The number of phosphoric acid groups is 1. The minimum absolute atomic E-state index is 0.0528. The zero-order valence-electron chi connectivity index (χ0n) is 59.8. The second-order valence-corrected chi connectivity index (χ2v) is 27.7. The summed E-state index contributed by atoms with van der Waals surface area (Å²) >= 11 is 0. The molecule has 0 heterocycles. The summed E-state index contributed by atoms with van der Waals surface area (Å²) in [6.07, 6.45) is 109. The minimum Gasteiger partial charge on any atom is -0.387 e. The molecule has 91 heavy (non-hydrogen) atoms. The van der Waals surface area contributed by atoms with Crippen LogP contribution >= 0.6 is 7.82 Å². The highest BCUT2D eigenvalue weighted by Crippen LogP contribution is 2.43. The molecule has 0 aliphatic rings. The molecule has 0 aromatic carbocycles. The summed E-state index contributed by atoms with van der Waals surface area (Å²) in [4.78, 5) is 23.5. The zero-order valence-corrected chi connectivity index (χ0v) is 60.7. The number of aliphatic hydroxyl groups excluding tert-OH is 1. The van der Waals surface area contributed by atoms with Crippen molar-refractivity contribution in [2.24, 2.45) is 0 Å². The molecule has 8 nitrogen and oxygen atoms in total. The Labute approximate surface area is 563 Å². The maximum atomic E-state index is 13.1. The van der Waals surface area contributed by atoms with Crippen molar-refractivity contribution in [2.75, 3.05) is 40.9 Å². The highest BCUT2D eigenvalue weighted by atomic mass is 31.2. The molecule has 3 unspecified atom stereocenters. The van der Waals surface area contributed by atoms with E-state index in [0.717, 1.165) is 122 Å². The van der Waals surface area contributed by atoms with Gasteiger partial charge in [0.05, 0.1) is 39.9 Å². The number of nitrogens with zero attached hydrogens (tertiary/aromatic N) is 1. The number of quaternary nitrogens is 1. The lowest BCUT2D eigenvalue weighted by atomic mass is 10.0. The van der Waals surface area contributed by atoms with Crippen LogP contribution in [0.3, 0.4) is 0 Å². The fourth-order valence-corrected chi connectivity index (χ4v) is 11.3. The normalized spacial score (nSPS) is 14.4. The highest BCUT2D eigenvalue weighted by molar-refractivity contribution is 7.47. The second-order valence-electron chi connectivity index (χ2n) is 26.3. The van der Waals surface area contributed by atoms with Gasteiger partial charge in [0.25, 0.3) is 0 Å². The smallest absolute Gasteiger partial charge is 0.387 e. The van der Waals surface area contributed by atoms with E-state index < -0.39 is 20.0 Å². The van der Waals surface area contributed by atoms with Gasteiger partial charge in [-0.3, -0.25) is 13.8 Å². The van der Waals surface area contributed by atoms with E-state index in [2.05, 4.69) is 153 Å². The largest absolute Gasteiger partial charge is 0.472 e. The van der Waals surface area contributed by atoms with Crippen LogP contribution in [0, 0.1) is 0 Å². The third-order valence-electron chi connectivity index (χ3n) is 16.3. The van der Waals surface area contributed by atoms with Crippen molar-refractivity contribution in [2.45, 2.75) is 328 Å². The lowest BCUT2D eigenvalue weighted by Gasteiger charge is -2.25. The number of phosphoric ester groups is 1. The van der Waals surface area contributed by atoms with E-state index in [4.69, 9.17) is 9.05 Å². The summed E-state index contributed by atoms with van der Waals surface area (Å²) < 4.78 is 23.8. The van der Waals surface area contributed by atoms with Crippen LogP contribution in [-0.2, 0) is 18.4 Å². The molecule has 1 amide bonds. The summed E-state index contributed by atoms with van der Waals surface area (Å²) in [6, 6.07) is -0.865. The van der Waals surface area contributed by atoms with Crippen molar-refractivity contribution in [3.05, 3.63) is 146 Å². The standard InChI is InChI=1S/C82H143N2O6P/c1-6-8-10-12-14-16-18-20-22-24-26-28-30-32-34-36-37-38-39-40-41-42-43-44-45-46-47-48-50-52-54-56-58-60-62-64-66-68-70-72-74-76-82(86)83-80(79-90-91(87,88)89-78-77-84(3,4)5)81(85)75-73-71-69-67-65-63-61-59-57-55-53-51-49-35-33-31-29-27-25-23-21-19-17-15-13-11-9-7-2/h8,10,14,16,20,22,26,28,32,34,37-38,40-41,43-44,46-47,50,52,56,58,73,75,80-81,85H,6-7,9,11-13,15,17-19,21,23-25,27,29-31,33,35-36,39,42,45,48-49,51,53-55,57,59-72,74,76-79H2,1-5H3,(H-,83,86,87,88)/p+1/b10-8-,16-14-,22-20-,28-26-,34-32-,38-37-,41-40-,44-43-,47-46-,52-50-,58-56-,75-73+. The Morgan fingerprint density at radius 2 is 0.659 bits per heavy atom. The highest BCUT2D eigenvalue weighted by Gasteiger charge is 2.28. The second kappa shape index (κ2) is 70.7. The first-order valence-corrected chi connectivity index (χ1v) is 39.2. The number of nitrogens with one attached hydrogen (secondary N) is 1. The van der Waals surface area contributed by atoms with Gasteiger partial charge < -0.3 is 19.8 Å². The Balaban J connectivity index is 4.13. The van der Waals surface area contributed by atoms with Crippen LogP contribution < -0.4 is 5.32 Å². The van der Waals surface area contributed by atoms with E-state index in [1.165, 1.54) is 173 Å². The van der Waals surface area contributed by atoms with Crippen LogP contribution in [0.15, 0.2) is 146 Å². The number of allylic oxidation sites excluding steroid dienone is 23. The molecule has 9 heteroatoms. The van der Waals surface area contributed by atoms with Gasteiger partial charge in [-0.1, -0.05) is 352 Å². The average Bonchev–Trinajstić information content (AvgIpc) is 3.59. The molecule has 0 radical (unpaired) electrons. The van der Waals surface area contributed by atoms with Crippen molar-refractivity contribution in [3.8, 4) is 0 Å². The molecular formula is C82H144N2O6P+. The first kappa shape index (κ1) is 87.4. The van der Waals surface area contributed by atoms with Gasteiger partial charge in [-0.2, -0.15) is 0 Å². The maximum absolute atomic E-state index is 13.1. The Kier molecular flexibility index (Phi) is 67.9. The molecule has 0 spiro atoms. The van der Waals surface area contributed by atoms with Gasteiger partial charge in [-0.25, -0.2) is 4.57 Å². The number of aliphatic hydroxyl groups is 1. The number of carbonyl (C=O) groups is 1. The van der Waals surface area contributed by atoms with Crippen molar-refractivity contribution < 1.29 is 32.9 Å². The molecule has 522 valence electrons. The summed E-state index contributed by atoms with van der Waals surface area (Å²) in [5, 5.41) is 14.0. The third-order valence-corrected chi connectivity index (χ3v) is 17.3. The van der Waals surface area contributed by atoms with Gasteiger partial charge in [0.2, 0.25) is 5.91 Å². The molecule has 0 aliphatic heterocycles. The van der Waals surface area contributed by atoms with E-state index in [1.54, 1.807) is 6.08 Å². The molecule has 0 rings (SSSR count). The Morgan fingerprint density at radius 1 is 0.385 bits per heavy atom. The molecule has 3 N–H and O–H groups in total. The summed E-state index contributed by atoms with van der Waals surface area (Å²) in [5.74, 6) is -0.190. The van der Waals surface area contributed by atoms with Crippen LogP contribution in [0.1, 0.15) is 316 Å².